The van der Waals surface area contributed by atoms with E-state index in [-0.39, 0.29) is 19.3 Å². The summed E-state index contributed by atoms with van der Waals surface area (Å²) in [5, 5.41) is 25.8. The number of H-pyrrole nitrogens is 1. The zero-order chi connectivity index (χ0) is 18.1. The summed E-state index contributed by atoms with van der Waals surface area (Å²) in [5.41, 5.74) is 1.25. The Balaban J connectivity index is 1.61. The van der Waals surface area contributed by atoms with Crippen LogP contribution >= 0.6 is 0 Å². The number of hydrogen-bond donors (Lipinski definition) is 3. The molecule has 1 aliphatic rings. The van der Waals surface area contributed by atoms with Crippen molar-refractivity contribution in [1.29, 1.82) is 0 Å². The number of aryl methyl sites for hydroxylation is 1. The summed E-state index contributed by atoms with van der Waals surface area (Å²) in [7, 11) is 0. The molecule has 3 N–H and O–H groups in total. The van der Waals surface area contributed by atoms with Gasteiger partial charge in [-0.2, -0.15) is 5.10 Å². The smallest absolute Gasteiger partial charge is 0.181 e. The van der Waals surface area contributed by atoms with Gasteiger partial charge in [0.1, 0.15) is 18.3 Å². The minimum Gasteiger partial charge on any atom is -0.394 e. The summed E-state index contributed by atoms with van der Waals surface area (Å²) in [6.07, 6.45) is 1.95. The highest BCUT2D eigenvalue weighted by Crippen LogP contribution is 2.27. The fraction of sp³-hybridized carbons (Fsp3) is 0.533. The van der Waals surface area contributed by atoms with Gasteiger partial charge < -0.3 is 24.4 Å². The van der Waals surface area contributed by atoms with Crippen LogP contribution in [0.4, 0.5) is 5.82 Å². The minimum atomic E-state index is -0.868. The summed E-state index contributed by atoms with van der Waals surface area (Å²) in [5.74, 6) is 2.06. The van der Waals surface area contributed by atoms with Gasteiger partial charge in [-0.25, -0.2) is 19.9 Å². The number of ether oxygens (including phenoxy) is 1. The van der Waals surface area contributed by atoms with Crippen molar-refractivity contribution in [3.8, 4) is 0 Å². The van der Waals surface area contributed by atoms with Crippen LogP contribution in [0.25, 0.3) is 11.2 Å². The number of aliphatic hydroxyl groups is 2. The first-order chi connectivity index (χ1) is 12.7. The highest BCUT2D eigenvalue weighted by Gasteiger charge is 2.28. The zero-order valence-corrected chi connectivity index (χ0v) is 14.3. The number of rotatable bonds is 5. The lowest BCUT2D eigenvalue weighted by Gasteiger charge is -2.32. The molecular formula is C15H20N8O3. The first kappa shape index (κ1) is 16.8. The van der Waals surface area contributed by atoms with Crippen LogP contribution in [0.1, 0.15) is 17.8 Å². The molecule has 0 radical (unpaired) electrons. The number of hydrogen-bond acceptors (Lipinski definition) is 9. The van der Waals surface area contributed by atoms with E-state index in [1.807, 2.05) is 6.92 Å². The Hall–Kier alpha value is -2.63. The van der Waals surface area contributed by atoms with Gasteiger partial charge in [0.25, 0.3) is 0 Å². The number of aromatic amines is 1. The number of nitrogens with one attached hydrogen (secondary N) is 1. The first-order valence-corrected chi connectivity index (χ1v) is 8.36. The Kier molecular flexibility index (Phi) is 4.49. The van der Waals surface area contributed by atoms with E-state index in [0.717, 1.165) is 5.82 Å². The van der Waals surface area contributed by atoms with Crippen molar-refractivity contribution in [3.63, 3.8) is 0 Å². The molecule has 0 aromatic carbocycles. The van der Waals surface area contributed by atoms with Crippen LogP contribution in [0, 0.1) is 6.92 Å². The summed E-state index contributed by atoms with van der Waals surface area (Å²) in [6, 6.07) is 0. The van der Waals surface area contributed by atoms with E-state index in [1.54, 1.807) is 10.9 Å². The number of morpholine rings is 1. The molecule has 138 valence electrons. The lowest BCUT2D eigenvalue weighted by atomic mass is 10.2. The van der Waals surface area contributed by atoms with Gasteiger partial charge in [0.05, 0.1) is 38.7 Å². The largest absolute Gasteiger partial charge is 0.394 e. The van der Waals surface area contributed by atoms with Crippen LogP contribution in [0.15, 0.2) is 12.7 Å². The standard InChI is InChI=1S/C15H20N8O3/c1-9-19-13(21-20-9)11-5-22(2-3-26-11)14-12-15(17-7-16-14)23(8-18-12)4-10(25)6-24/h7-8,10-11,24-25H,2-6H2,1H3,(H,19,20,21). The van der Waals surface area contributed by atoms with Gasteiger partial charge in [-0.3, -0.25) is 5.10 Å². The highest BCUT2D eigenvalue weighted by atomic mass is 16.5. The second-order valence-electron chi connectivity index (χ2n) is 6.19. The van der Waals surface area contributed by atoms with Gasteiger partial charge in [0.15, 0.2) is 22.8 Å². The molecule has 0 amide bonds. The Bertz CT molecular complexity index is 894. The van der Waals surface area contributed by atoms with Crippen molar-refractivity contribution in [2.75, 3.05) is 31.2 Å². The molecule has 11 heteroatoms. The Morgan fingerprint density at radius 2 is 2.27 bits per heavy atom. The molecule has 0 saturated carbocycles. The summed E-state index contributed by atoms with van der Waals surface area (Å²) >= 11 is 0. The zero-order valence-electron chi connectivity index (χ0n) is 14.3. The van der Waals surface area contributed by atoms with Crippen molar-refractivity contribution < 1.29 is 14.9 Å². The van der Waals surface area contributed by atoms with E-state index in [0.29, 0.717) is 42.5 Å². The molecule has 11 nitrogen and oxygen atoms in total. The van der Waals surface area contributed by atoms with E-state index >= 15 is 0 Å². The molecule has 2 atom stereocenters. The first-order valence-electron chi connectivity index (χ1n) is 8.36. The van der Waals surface area contributed by atoms with Gasteiger partial charge in [-0.15, -0.1) is 0 Å². The number of aromatic nitrogens is 7. The maximum atomic E-state index is 9.68. The van der Waals surface area contributed by atoms with E-state index in [2.05, 4.69) is 35.0 Å². The van der Waals surface area contributed by atoms with Crippen molar-refractivity contribution in [2.24, 2.45) is 0 Å². The molecule has 0 spiro atoms. The molecule has 3 aromatic heterocycles. The average molecular weight is 360 g/mol. The van der Waals surface area contributed by atoms with E-state index < -0.39 is 6.10 Å². The maximum Gasteiger partial charge on any atom is 0.181 e. The molecule has 1 fully saturated rings. The van der Waals surface area contributed by atoms with Crippen LogP contribution < -0.4 is 4.90 Å². The molecule has 0 bridgehead atoms. The van der Waals surface area contributed by atoms with Crippen molar-refractivity contribution in [3.05, 3.63) is 24.3 Å². The number of aliphatic hydroxyl groups excluding tert-OH is 2. The summed E-state index contributed by atoms with van der Waals surface area (Å²) in [4.78, 5) is 19.5. The fourth-order valence-corrected chi connectivity index (χ4v) is 3.02. The third kappa shape index (κ3) is 3.11. The van der Waals surface area contributed by atoms with Crippen molar-refractivity contribution in [1.82, 2.24) is 34.7 Å². The molecule has 0 aliphatic carbocycles. The number of imidazole rings is 1. The number of nitrogens with zero attached hydrogens (tertiary/aromatic N) is 7. The predicted molar refractivity (Wildman–Crippen MR) is 90.4 cm³/mol. The Labute approximate surface area is 148 Å². The summed E-state index contributed by atoms with van der Waals surface area (Å²) < 4.78 is 7.50. The molecule has 26 heavy (non-hydrogen) atoms. The molecule has 1 aliphatic heterocycles. The fourth-order valence-electron chi connectivity index (χ4n) is 3.02. The molecule has 2 unspecified atom stereocenters. The van der Waals surface area contributed by atoms with E-state index in [1.165, 1.54) is 6.33 Å². The lowest BCUT2D eigenvalue weighted by molar-refractivity contribution is 0.0340. The molecule has 4 rings (SSSR count). The monoisotopic (exact) mass is 360 g/mol. The van der Waals surface area contributed by atoms with Gasteiger partial charge in [0.2, 0.25) is 0 Å². The van der Waals surface area contributed by atoms with Crippen molar-refractivity contribution in [2.45, 2.75) is 25.7 Å². The minimum absolute atomic E-state index is 0.214. The maximum absolute atomic E-state index is 9.68. The van der Waals surface area contributed by atoms with Crippen LogP contribution in [0.2, 0.25) is 0 Å². The molecule has 3 aromatic rings. The number of fused-ring (bicyclic) bond motifs is 1. The second-order valence-corrected chi connectivity index (χ2v) is 6.19. The second kappa shape index (κ2) is 6.94. The van der Waals surface area contributed by atoms with Crippen LogP contribution in [0.5, 0.6) is 0 Å². The number of anilines is 1. The van der Waals surface area contributed by atoms with Gasteiger partial charge in [-0.05, 0) is 6.92 Å². The van der Waals surface area contributed by atoms with Gasteiger partial charge in [-0.1, -0.05) is 0 Å². The van der Waals surface area contributed by atoms with Crippen LogP contribution in [0.3, 0.4) is 0 Å². The molecule has 4 heterocycles. The quantitative estimate of drug-likeness (QED) is 0.533. The Morgan fingerprint density at radius 3 is 3.04 bits per heavy atom. The SMILES string of the molecule is Cc1nc(C2CN(c3ncnc4c3ncn4CC(O)CO)CCO2)n[nH]1. The molecular weight excluding hydrogens is 340 g/mol. The van der Waals surface area contributed by atoms with Crippen LogP contribution in [-0.4, -0.2) is 77.3 Å². The van der Waals surface area contributed by atoms with E-state index in [9.17, 15) is 5.11 Å². The van der Waals surface area contributed by atoms with Gasteiger partial charge >= 0.3 is 0 Å². The molecule has 1 saturated heterocycles. The topological polar surface area (TPSA) is 138 Å². The third-order valence-electron chi connectivity index (χ3n) is 4.27. The van der Waals surface area contributed by atoms with E-state index in [4.69, 9.17) is 9.84 Å². The lowest BCUT2D eigenvalue weighted by Crippen LogP contribution is -2.39. The third-order valence-corrected chi connectivity index (χ3v) is 4.27. The normalized spacial score (nSPS) is 19.2. The highest BCUT2D eigenvalue weighted by molar-refractivity contribution is 5.83. The van der Waals surface area contributed by atoms with Crippen molar-refractivity contribution >= 4 is 17.0 Å². The Morgan fingerprint density at radius 1 is 1.38 bits per heavy atom. The predicted octanol–water partition coefficient (Wildman–Crippen LogP) is -0.816. The van der Waals surface area contributed by atoms with Gasteiger partial charge in [0, 0.05) is 6.54 Å². The van der Waals surface area contributed by atoms with Crippen LogP contribution in [-0.2, 0) is 11.3 Å². The average Bonchev–Trinajstić information content (AvgIpc) is 3.28. The summed E-state index contributed by atoms with van der Waals surface area (Å²) in [6.45, 7) is 3.48.